The van der Waals surface area contributed by atoms with E-state index in [1.165, 1.54) is 0 Å². The molecule has 0 spiro atoms. The Morgan fingerprint density at radius 1 is 1.60 bits per heavy atom. The summed E-state index contributed by atoms with van der Waals surface area (Å²) < 4.78 is 12.5. The molecule has 10 heavy (non-hydrogen) atoms. The highest BCUT2D eigenvalue weighted by atomic mass is 19.1. The van der Waals surface area contributed by atoms with Crippen LogP contribution in [0.25, 0.3) is 0 Å². The van der Waals surface area contributed by atoms with Crippen molar-refractivity contribution in [3.05, 3.63) is 29.3 Å². The second kappa shape index (κ2) is 2.78. The Balaban J connectivity index is 3.04. The molecule has 1 aromatic rings. The molecule has 0 N–H and O–H groups in total. The first-order chi connectivity index (χ1) is 4.74. The van der Waals surface area contributed by atoms with Gasteiger partial charge in [0, 0.05) is 11.8 Å². The van der Waals surface area contributed by atoms with Gasteiger partial charge in [0.1, 0.15) is 0 Å². The van der Waals surface area contributed by atoms with Crippen LogP contribution in [0.1, 0.15) is 18.1 Å². The summed E-state index contributed by atoms with van der Waals surface area (Å²) in [5.41, 5.74) is 1.71. The molecule has 0 saturated heterocycles. The van der Waals surface area contributed by atoms with Crippen LogP contribution in [0.5, 0.6) is 0 Å². The van der Waals surface area contributed by atoms with Crippen molar-refractivity contribution < 1.29 is 4.39 Å². The third-order valence-corrected chi connectivity index (χ3v) is 1.48. The Kier molecular flexibility index (Phi) is 2.00. The van der Waals surface area contributed by atoms with Gasteiger partial charge >= 0.3 is 0 Å². The zero-order chi connectivity index (χ0) is 7.56. The quantitative estimate of drug-likeness (QED) is 0.543. The van der Waals surface area contributed by atoms with E-state index in [-0.39, 0.29) is 5.95 Å². The minimum absolute atomic E-state index is 0.364. The van der Waals surface area contributed by atoms with E-state index < -0.39 is 0 Å². The highest BCUT2D eigenvalue weighted by molar-refractivity contribution is 5.17. The number of aromatic nitrogens is 1. The van der Waals surface area contributed by atoms with E-state index in [0.717, 1.165) is 12.0 Å². The van der Waals surface area contributed by atoms with Crippen LogP contribution in [-0.2, 0) is 6.42 Å². The van der Waals surface area contributed by atoms with E-state index in [4.69, 9.17) is 0 Å². The van der Waals surface area contributed by atoms with Crippen LogP contribution < -0.4 is 0 Å². The third-order valence-electron chi connectivity index (χ3n) is 1.48. The first kappa shape index (κ1) is 7.19. The van der Waals surface area contributed by atoms with Gasteiger partial charge in [-0.25, -0.2) is 4.98 Å². The van der Waals surface area contributed by atoms with E-state index >= 15 is 0 Å². The molecule has 0 atom stereocenters. The van der Waals surface area contributed by atoms with Crippen LogP contribution in [-0.4, -0.2) is 4.98 Å². The van der Waals surface area contributed by atoms with Crippen molar-refractivity contribution >= 4 is 0 Å². The van der Waals surface area contributed by atoms with Gasteiger partial charge in [-0.2, -0.15) is 4.39 Å². The number of aryl methyl sites for hydroxylation is 2. The Labute approximate surface area is 59.9 Å². The number of hydrogen-bond acceptors (Lipinski definition) is 1. The standard InChI is InChI=1S/C8H10FN/c1-3-7-4-6(2)8(9)10-5-7/h4-5H,3H2,1-2H3. The monoisotopic (exact) mass is 139 g/mol. The van der Waals surface area contributed by atoms with E-state index in [1.54, 1.807) is 13.1 Å². The summed E-state index contributed by atoms with van der Waals surface area (Å²) in [5.74, 6) is -0.364. The first-order valence-corrected chi connectivity index (χ1v) is 3.35. The second-order valence-corrected chi connectivity index (χ2v) is 2.30. The number of halogens is 1. The van der Waals surface area contributed by atoms with Crippen LogP contribution in [0.3, 0.4) is 0 Å². The number of nitrogens with zero attached hydrogens (tertiary/aromatic N) is 1. The molecule has 0 aliphatic heterocycles. The molecular formula is C8H10FN. The van der Waals surface area contributed by atoms with Crippen molar-refractivity contribution in [1.29, 1.82) is 0 Å². The molecule has 0 saturated carbocycles. The van der Waals surface area contributed by atoms with Crippen LogP contribution >= 0.6 is 0 Å². The molecule has 54 valence electrons. The van der Waals surface area contributed by atoms with Gasteiger partial charge in [-0.1, -0.05) is 13.0 Å². The summed E-state index contributed by atoms with van der Waals surface area (Å²) in [7, 11) is 0. The van der Waals surface area contributed by atoms with Gasteiger partial charge in [-0.15, -0.1) is 0 Å². The molecule has 1 rings (SSSR count). The Morgan fingerprint density at radius 3 is 2.80 bits per heavy atom. The maximum atomic E-state index is 12.5. The van der Waals surface area contributed by atoms with Crippen molar-refractivity contribution in [2.45, 2.75) is 20.3 Å². The molecule has 2 heteroatoms. The highest BCUT2D eigenvalue weighted by Gasteiger charge is 1.97. The van der Waals surface area contributed by atoms with Gasteiger partial charge in [-0.05, 0) is 18.9 Å². The Bertz CT molecular complexity index is 233. The van der Waals surface area contributed by atoms with Crippen LogP contribution in [0.15, 0.2) is 12.3 Å². The molecule has 0 aliphatic rings. The summed E-state index contributed by atoms with van der Waals surface area (Å²) in [5, 5.41) is 0. The lowest BCUT2D eigenvalue weighted by atomic mass is 10.2. The van der Waals surface area contributed by atoms with Gasteiger partial charge in [0.15, 0.2) is 0 Å². The van der Waals surface area contributed by atoms with E-state index in [2.05, 4.69) is 4.98 Å². The van der Waals surface area contributed by atoms with Gasteiger partial charge < -0.3 is 0 Å². The van der Waals surface area contributed by atoms with Crippen molar-refractivity contribution in [1.82, 2.24) is 4.98 Å². The molecule has 0 aromatic carbocycles. The molecule has 0 fully saturated rings. The fraction of sp³-hybridized carbons (Fsp3) is 0.375. The lowest BCUT2D eigenvalue weighted by Crippen LogP contribution is -1.90. The molecular weight excluding hydrogens is 129 g/mol. The van der Waals surface area contributed by atoms with E-state index in [0.29, 0.717) is 5.56 Å². The zero-order valence-electron chi connectivity index (χ0n) is 6.19. The fourth-order valence-electron chi connectivity index (χ4n) is 0.810. The van der Waals surface area contributed by atoms with Crippen molar-refractivity contribution in [2.75, 3.05) is 0 Å². The first-order valence-electron chi connectivity index (χ1n) is 3.35. The lowest BCUT2D eigenvalue weighted by molar-refractivity contribution is 0.573. The molecule has 0 bridgehead atoms. The molecule has 1 nitrogen and oxygen atoms in total. The third kappa shape index (κ3) is 1.32. The Hall–Kier alpha value is -0.920. The topological polar surface area (TPSA) is 12.9 Å². The predicted octanol–water partition coefficient (Wildman–Crippen LogP) is 2.09. The average molecular weight is 139 g/mol. The molecule has 1 aromatic heterocycles. The largest absolute Gasteiger partial charge is 0.228 e. The van der Waals surface area contributed by atoms with Crippen LogP contribution in [0.4, 0.5) is 4.39 Å². The summed E-state index contributed by atoms with van der Waals surface area (Å²) in [6.07, 6.45) is 2.48. The Morgan fingerprint density at radius 2 is 2.30 bits per heavy atom. The lowest BCUT2D eigenvalue weighted by Gasteiger charge is -1.97. The van der Waals surface area contributed by atoms with Gasteiger partial charge in [-0.3, -0.25) is 0 Å². The zero-order valence-corrected chi connectivity index (χ0v) is 6.19. The number of pyridine rings is 1. The van der Waals surface area contributed by atoms with Crippen molar-refractivity contribution in [3.8, 4) is 0 Å². The van der Waals surface area contributed by atoms with Gasteiger partial charge in [0.05, 0.1) is 0 Å². The maximum absolute atomic E-state index is 12.5. The SMILES string of the molecule is CCc1cnc(F)c(C)c1. The summed E-state index contributed by atoms with van der Waals surface area (Å²) in [4.78, 5) is 3.58. The molecule has 0 aliphatic carbocycles. The van der Waals surface area contributed by atoms with Crippen molar-refractivity contribution in [2.24, 2.45) is 0 Å². The molecule has 0 radical (unpaired) electrons. The van der Waals surface area contributed by atoms with Gasteiger partial charge in [0.25, 0.3) is 0 Å². The van der Waals surface area contributed by atoms with Gasteiger partial charge in [0.2, 0.25) is 5.95 Å². The van der Waals surface area contributed by atoms with Crippen LogP contribution in [0.2, 0.25) is 0 Å². The van der Waals surface area contributed by atoms with Crippen LogP contribution in [0, 0.1) is 12.9 Å². The minimum atomic E-state index is -0.364. The second-order valence-electron chi connectivity index (χ2n) is 2.30. The fourth-order valence-corrected chi connectivity index (χ4v) is 0.810. The summed E-state index contributed by atoms with van der Waals surface area (Å²) in [6.45, 7) is 3.75. The number of rotatable bonds is 1. The maximum Gasteiger partial charge on any atom is 0.215 e. The van der Waals surface area contributed by atoms with Crippen molar-refractivity contribution in [3.63, 3.8) is 0 Å². The minimum Gasteiger partial charge on any atom is -0.228 e. The van der Waals surface area contributed by atoms with E-state index in [1.807, 2.05) is 13.0 Å². The van der Waals surface area contributed by atoms with E-state index in [9.17, 15) is 4.39 Å². The average Bonchev–Trinajstić information content (AvgIpc) is 1.95. The molecule has 0 amide bonds. The highest BCUT2D eigenvalue weighted by Crippen LogP contribution is 2.05. The molecule has 1 heterocycles. The summed E-state index contributed by atoms with van der Waals surface area (Å²) in [6, 6.07) is 1.82. The smallest absolute Gasteiger partial charge is 0.215 e. The predicted molar refractivity (Wildman–Crippen MR) is 38.3 cm³/mol. The summed E-state index contributed by atoms with van der Waals surface area (Å²) >= 11 is 0. The number of hydrogen-bond donors (Lipinski definition) is 0. The molecule has 0 unspecified atom stereocenters. The normalized spacial score (nSPS) is 9.90.